The molecule has 16 heavy (non-hydrogen) atoms. The van der Waals surface area contributed by atoms with Crippen LogP contribution in [0.5, 0.6) is 0 Å². The molecule has 1 saturated carbocycles. The quantitative estimate of drug-likeness (QED) is 0.828. The Morgan fingerprint density at radius 3 is 2.94 bits per heavy atom. The first-order valence-corrected chi connectivity index (χ1v) is 6.57. The molecule has 0 bridgehead atoms. The molecule has 1 fully saturated rings. The fraction of sp³-hybridized carbons (Fsp3) is 0.769. The molecular formula is C13H23N3. The number of likely N-dealkylation sites (N-methyl/N-ethyl adjacent to an activating group) is 1. The Balaban J connectivity index is 1.91. The molecule has 0 amide bonds. The smallest absolute Gasteiger partial charge is 0.0640 e. The van der Waals surface area contributed by atoms with Gasteiger partial charge in [0.15, 0.2) is 0 Å². The normalized spacial score (nSPS) is 19.1. The molecule has 1 aliphatic carbocycles. The molecule has 0 radical (unpaired) electrons. The van der Waals surface area contributed by atoms with Crippen molar-refractivity contribution in [2.24, 2.45) is 0 Å². The van der Waals surface area contributed by atoms with Gasteiger partial charge in [-0.1, -0.05) is 19.8 Å². The van der Waals surface area contributed by atoms with Gasteiger partial charge in [0.2, 0.25) is 0 Å². The van der Waals surface area contributed by atoms with E-state index in [9.17, 15) is 0 Å². The maximum Gasteiger partial charge on any atom is 0.0640 e. The van der Waals surface area contributed by atoms with E-state index in [1.54, 1.807) is 0 Å². The number of rotatable bonds is 5. The number of nitrogens with one attached hydrogen (secondary N) is 1. The molecule has 3 nitrogen and oxygen atoms in total. The topological polar surface area (TPSA) is 29.9 Å². The first-order chi connectivity index (χ1) is 7.79. The van der Waals surface area contributed by atoms with Gasteiger partial charge in [-0.15, -0.1) is 0 Å². The van der Waals surface area contributed by atoms with Crippen LogP contribution in [-0.4, -0.2) is 22.4 Å². The molecule has 3 heteroatoms. The minimum atomic E-state index is 0.525. The summed E-state index contributed by atoms with van der Waals surface area (Å²) >= 11 is 0. The molecule has 0 saturated heterocycles. The minimum Gasteiger partial charge on any atom is -0.314 e. The molecule has 1 heterocycles. The Morgan fingerprint density at radius 1 is 1.50 bits per heavy atom. The largest absolute Gasteiger partial charge is 0.314 e. The van der Waals surface area contributed by atoms with E-state index < -0.39 is 0 Å². The number of nitrogens with zero attached hydrogens (tertiary/aromatic N) is 2. The Bertz CT molecular complexity index is 313. The van der Waals surface area contributed by atoms with Gasteiger partial charge in [-0.25, -0.2) is 0 Å². The zero-order valence-electron chi connectivity index (χ0n) is 10.4. The van der Waals surface area contributed by atoms with E-state index in [0.29, 0.717) is 12.1 Å². The van der Waals surface area contributed by atoms with E-state index >= 15 is 0 Å². The molecule has 1 atom stereocenters. The van der Waals surface area contributed by atoms with Crippen LogP contribution in [0.4, 0.5) is 0 Å². The second kappa shape index (κ2) is 5.48. The molecular weight excluding hydrogens is 198 g/mol. The van der Waals surface area contributed by atoms with Crippen molar-refractivity contribution in [2.75, 3.05) is 6.54 Å². The summed E-state index contributed by atoms with van der Waals surface area (Å²) < 4.78 is 2.18. The van der Waals surface area contributed by atoms with E-state index in [-0.39, 0.29) is 0 Å². The Hall–Kier alpha value is -0.830. The van der Waals surface area contributed by atoms with Gasteiger partial charge in [0.25, 0.3) is 0 Å². The van der Waals surface area contributed by atoms with Crippen LogP contribution in [0.3, 0.4) is 0 Å². The molecule has 0 aromatic carbocycles. The zero-order chi connectivity index (χ0) is 11.4. The van der Waals surface area contributed by atoms with Gasteiger partial charge in [-0.3, -0.25) is 4.68 Å². The average molecular weight is 221 g/mol. The van der Waals surface area contributed by atoms with Crippen molar-refractivity contribution in [3.63, 3.8) is 0 Å². The summed E-state index contributed by atoms with van der Waals surface area (Å²) in [6.07, 6.45) is 8.55. The van der Waals surface area contributed by atoms with Gasteiger partial charge in [0, 0.05) is 18.7 Å². The summed E-state index contributed by atoms with van der Waals surface area (Å²) in [5.74, 6) is 0. The first-order valence-electron chi connectivity index (χ1n) is 6.57. The first kappa shape index (κ1) is 11.6. The summed E-state index contributed by atoms with van der Waals surface area (Å²) in [5.41, 5.74) is 1.22. The van der Waals surface area contributed by atoms with Crippen LogP contribution in [-0.2, 0) is 6.42 Å². The fourth-order valence-electron chi connectivity index (χ4n) is 2.59. The molecule has 1 aromatic rings. The van der Waals surface area contributed by atoms with Crippen molar-refractivity contribution in [3.8, 4) is 0 Å². The SMILES string of the molecule is CCNC(C)Cc1ccn(C2CCCC2)n1. The van der Waals surface area contributed by atoms with Crippen molar-refractivity contribution < 1.29 is 0 Å². The fourth-order valence-corrected chi connectivity index (χ4v) is 2.59. The van der Waals surface area contributed by atoms with Gasteiger partial charge in [-0.05, 0) is 32.4 Å². The maximum atomic E-state index is 4.69. The predicted octanol–water partition coefficient (Wildman–Crippen LogP) is 2.54. The van der Waals surface area contributed by atoms with E-state index in [2.05, 4.69) is 36.1 Å². The monoisotopic (exact) mass is 221 g/mol. The molecule has 2 rings (SSSR count). The van der Waals surface area contributed by atoms with Gasteiger partial charge in [0.05, 0.1) is 11.7 Å². The van der Waals surface area contributed by atoms with E-state index in [0.717, 1.165) is 13.0 Å². The van der Waals surface area contributed by atoms with Crippen molar-refractivity contribution in [2.45, 2.75) is 58.0 Å². The van der Waals surface area contributed by atoms with E-state index in [4.69, 9.17) is 5.10 Å². The Morgan fingerprint density at radius 2 is 2.25 bits per heavy atom. The summed E-state index contributed by atoms with van der Waals surface area (Å²) in [6.45, 7) is 5.40. The van der Waals surface area contributed by atoms with Gasteiger partial charge >= 0.3 is 0 Å². The van der Waals surface area contributed by atoms with E-state index in [1.165, 1.54) is 31.4 Å². The highest BCUT2D eigenvalue weighted by molar-refractivity contribution is 5.02. The molecule has 1 unspecified atom stereocenters. The van der Waals surface area contributed by atoms with Crippen LogP contribution < -0.4 is 5.32 Å². The van der Waals surface area contributed by atoms with Crippen LogP contribution >= 0.6 is 0 Å². The lowest BCUT2D eigenvalue weighted by Crippen LogP contribution is -2.27. The van der Waals surface area contributed by atoms with Crippen LogP contribution in [0.2, 0.25) is 0 Å². The molecule has 0 spiro atoms. The van der Waals surface area contributed by atoms with Crippen LogP contribution in [0.25, 0.3) is 0 Å². The third-order valence-corrected chi connectivity index (χ3v) is 3.43. The van der Waals surface area contributed by atoms with Gasteiger partial charge < -0.3 is 5.32 Å². The highest BCUT2D eigenvalue weighted by atomic mass is 15.3. The summed E-state index contributed by atoms with van der Waals surface area (Å²) in [6, 6.07) is 3.37. The summed E-state index contributed by atoms with van der Waals surface area (Å²) in [7, 11) is 0. The minimum absolute atomic E-state index is 0.525. The molecule has 1 aromatic heterocycles. The predicted molar refractivity (Wildman–Crippen MR) is 66.6 cm³/mol. The molecule has 1 N–H and O–H groups in total. The Kier molecular flexibility index (Phi) is 3.99. The lowest BCUT2D eigenvalue weighted by molar-refractivity contribution is 0.458. The second-order valence-electron chi connectivity index (χ2n) is 4.89. The van der Waals surface area contributed by atoms with Crippen molar-refractivity contribution in [3.05, 3.63) is 18.0 Å². The highest BCUT2D eigenvalue weighted by Crippen LogP contribution is 2.28. The van der Waals surface area contributed by atoms with Gasteiger partial charge in [-0.2, -0.15) is 5.10 Å². The van der Waals surface area contributed by atoms with Crippen molar-refractivity contribution >= 4 is 0 Å². The summed E-state index contributed by atoms with van der Waals surface area (Å²) in [4.78, 5) is 0. The Labute approximate surface area is 98.2 Å². The standard InChI is InChI=1S/C13H23N3/c1-3-14-11(2)10-12-8-9-16(15-12)13-6-4-5-7-13/h8-9,11,13-14H,3-7,10H2,1-2H3. The average Bonchev–Trinajstić information content (AvgIpc) is 2.86. The lowest BCUT2D eigenvalue weighted by atomic mass is 10.2. The third kappa shape index (κ3) is 2.85. The number of hydrogen-bond acceptors (Lipinski definition) is 2. The van der Waals surface area contributed by atoms with E-state index in [1.807, 2.05) is 0 Å². The van der Waals surface area contributed by atoms with Crippen LogP contribution in [0.1, 0.15) is 51.3 Å². The van der Waals surface area contributed by atoms with Gasteiger partial charge in [0.1, 0.15) is 0 Å². The zero-order valence-corrected chi connectivity index (χ0v) is 10.4. The third-order valence-electron chi connectivity index (χ3n) is 3.43. The number of aromatic nitrogens is 2. The second-order valence-corrected chi connectivity index (χ2v) is 4.89. The maximum absolute atomic E-state index is 4.69. The van der Waals surface area contributed by atoms with Crippen LogP contribution in [0, 0.1) is 0 Å². The van der Waals surface area contributed by atoms with Crippen molar-refractivity contribution in [1.82, 2.24) is 15.1 Å². The lowest BCUT2D eigenvalue weighted by Gasteiger charge is -2.11. The highest BCUT2D eigenvalue weighted by Gasteiger charge is 2.17. The summed E-state index contributed by atoms with van der Waals surface area (Å²) in [5, 5.41) is 8.11. The molecule has 0 aliphatic heterocycles. The molecule has 1 aliphatic rings. The number of hydrogen-bond donors (Lipinski definition) is 1. The van der Waals surface area contributed by atoms with Crippen molar-refractivity contribution in [1.29, 1.82) is 0 Å². The van der Waals surface area contributed by atoms with Crippen LogP contribution in [0.15, 0.2) is 12.3 Å². The molecule has 90 valence electrons.